The molecule has 8 heavy (non-hydrogen) atoms. The van der Waals surface area contributed by atoms with Crippen molar-refractivity contribution in [3.8, 4) is 0 Å². The molecule has 6 nitrogen and oxygen atoms in total. The minimum Gasteiger partial charge on any atom is -0.412 e. The van der Waals surface area contributed by atoms with Gasteiger partial charge in [-0.25, -0.2) is 0 Å². The van der Waals surface area contributed by atoms with E-state index in [1.165, 1.54) is 0 Å². The van der Waals surface area contributed by atoms with E-state index in [0.29, 0.717) is 0 Å². The van der Waals surface area contributed by atoms with Crippen LogP contribution in [-0.4, -0.2) is 32.9 Å². The summed E-state index contributed by atoms with van der Waals surface area (Å²) in [6, 6.07) is 0. The van der Waals surface area contributed by atoms with Gasteiger partial charge < -0.3 is 32.9 Å². The summed E-state index contributed by atoms with van der Waals surface area (Å²) in [6.45, 7) is 0. The van der Waals surface area contributed by atoms with E-state index in [4.69, 9.17) is 0 Å². The zero-order chi connectivity index (χ0) is 0. The maximum atomic E-state index is 0. The van der Waals surface area contributed by atoms with Crippen LogP contribution in [0.3, 0.4) is 0 Å². The van der Waals surface area contributed by atoms with E-state index < -0.39 is 0 Å². The Labute approximate surface area is 85.9 Å². The van der Waals surface area contributed by atoms with Crippen molar-refractivity contribution in [1.82, 2.24) is 0 Å². The standard InChI is InChI=1S/ClH.6H2O.Pr/h1H;6*1H2;. The van der Waals surface area contributed by atoms with Gasteiger partial charge in [0.2, 0.25) is 0 Å². The molecule has 0 heterocycles. The van der Waals surface area contributed by atoms with Crippen molar-refractivity contribution in [1.29, 1.82) is 0 Å². The summed E-state index contributed by atoms with van der Waals surface area (Å²) in [4.78, 5) is 0. The molecule has 1 radical (unpaired) electrons. The van der Waals surface area contributed by atoms with Crippen LogP contribution < -0.4 is 0 Å². The van der Waals surface area contributed by atoms with E-state index in [0.717, 1.165) is 0 Å². The summed E-state index contributed by atoms with van der Waals surface area (Å²) in [5, 5.41) is 0. The molecule has 0 aromatic carbocycles. The molecule has 12 N–H and O–H groups in total. The molecule has 0 aromatic rings. The van der Waals surface area contributed by atoms with Gasteiger partial charge in [-0.1, -0.05) is 0 Å². The Balaban J connectivity index is 0. The Bertz CT molecular complexity index is 8.49. The van der Waals surface area contributed by atoms with Crippen LogP contribution in [-0.2, 0) is 0 Å². The molecule has 59 valence electrons. The first-order valence-corrected chi connectivity index (χ1v) is 0. The normalized spacial score (nSPS) is 0. The summed E-state index contributed by atoms with van der Waals surface area (Å²) in [5.74, 6) is 0. The average Bonchev–Trinajstić information content (AvgIpc) is 0. The van der Waals surface area contributed by atoms with E-state index in [1.54, 1.807) is 0 Å². The van der Waals surface area contributed by atoms with E-state index in [2.05, 4.69) is 0 Å². The predicted molar refractivity (Wildman–Crippen MR) is 28.9 cm³/mol. The molecule has 0 saturated carbocycles. The van der Waals surface area contributed by atoms with Crippen LogP contribution >= 0.6 is 12.4 Å². The third-order valence-electron chi connectivity index (χ3n) is 0. The van der Waals surface area contributed by atoms with Gasteiger partial charge in [0.05, 0.1) is 0 Å². The second-order valence-corrected chi connectivity index (χ2v) is 0. The molecule has 0 rings (SSSR count). The zero-order valence-electron chi connectivity index (χ0n) is 3.99. The summed E-state index contributed by atoms with van der Waals surface area (Å²) < 4.78 is 0. The Hall–Kier alpha value is 1.41. The van der Waals surface area contributed by atoms with Gasteiger partial charge in [-0.15, -0.1) is 12.4 Å². The van der Waals surface area contributed by atoms with Crippen LogP contribution in [0, 0.1) is 41.3 Å². The van der Waals surface area contributed by atoms with Crippen molar-refractivity contribution in [2.75, 3.05) is 0 Å². The third-order valence-corrected chi connectivity index (χ3v) is 0. The molecule has 0 unspecified atom stereocenters. The number of hydrogen-bond acceptors (Lipinski definition) is 0. The Morgan fingerprint density at radius 3 is 0.375 bits per heavy atom. The molecule has 0 aliphatic carbocycles. The first kappa shape index (κ1) is 333. The fourth-order valence-corrected chi connectivity index (χ4v) is 0. The van der Waals surface area contributed by atoms with Gasteiger partial charge in [0.15, 0.2) is 0 Å². The van der Waals surface area contributed by atoms with Gasteiger partial charge in [-0.3, -0.25) is 0 Å². The smallest absolute Gasteiger partial charge is 0 e. The molecule has 0 aromatic heterocycles. The molecule has 0 aliphatic heterocycles. The number of hydrogen-bond donors (Lipinski definition) is 0. The van der Waals surface area contributed by atoms with E-state index in [9.17, 15) is 0 Å². The summed E-state index contributed by atoms with van der Waals surface area (Å²) in [7, 11) is 0. The van der Waals surface area contributed by atoms with Crippen LogP contribution in [0.5, 0.6) is 0 Å². The van der Waals surface area contributed by atoms with Gasteiger partial charge in [-0.2, -0.15) is 0 Å². The molecule has 0 amide bonds. The molecule has 0 aliphatic rings. The van der Waals surface area contributed by atoms with Crippen molar-refractivity contribution in [2.45, 2.75) is 0 Å². The average molecular weight is 285 g/mol. The largest absolute Gasteiger partial charge is 0.412 e. The molecular formula is H13ClO6Pr. The van der Waals surface area contributed by atoms with Crippen LogP contribution in [0.2, 0.25) is 0 Å². The van der Waals surface area contributed by atoms with E-state index >= 15 is 0 Å². The third kappa shape index (κ3) is 153. The van der Waals surface area contributed by atoms with Crippen molar-refractivity contribution < 1.29 is 74.1 Å². The van der Waals surface area contributed by atoms with E-state index in [1.807, 2.05) is 0 Å². The second kappa shape index (κ2) is 231. The molecule has 0 atom stereocenters. The summed E-state index contributed by atoms with van der Waals surface area (Å²) in [5.41, 5.74) is 0. The molecular weight excluding hydrogens is 272 g/mol. The first-order valence-electron chi connectivity index (χ1n) is 0. The fraction of sp³-hybridized carbons (Fsp3) is 0. The van der Waals surface area contributed by atoms with Crippen LogP contribution in [0.1, 0.15) is 0 Å². The van der Waals surface area contributed by atoms with Gasteiger partial charge in [0.1, 0.15) is 0 Å². The number of halogens is 1. The Morgan fingerprint density at radius 1 is 0.375 bits per heavy atom. The molecule has 8 heteroatoms. The number of rotatable bonds is 0. The molecule has 0 spiro atoms. The monoisotopic (exact) mass is 285 g/mol. The van der Waals surface area contributed by atoms with Crippen molar-refractivity contribution in [3.63, 3.8) is 0 Å². The Kier molecular flexibility index (Phi) is 9650. The fourth-order valence-electron chi connectivity index (χ4n) is 0. The minimum absolute atomic E-state index is 0. The molecule has 0 bridgehead atoms. The quantitative estimate of drug-likeness (QED) is 0.414. The maximum Gasteiger partial charge on any atom is 0 e. The van der Waals surface area contributed by atoms with E-state index in [-0.39, 0.29) is 86.6 Å². The summed E-state index contributed by atoms with van der Waals surface area (Å²) in [6.07, 6.45) is 0. The predicted octanol–water partition coefficient (Wildman–Crippen LogP) is -4.53. The van der Waals surface area contributed by atoms with Gasteiger partial charge in [0, 0.05) is 41.3 Å². The Morgan fingerprint density at radius 2 is 0.375 bits per heavy atom. The van der Waals surface area contributed by atoms with Crippen LogP contribution in [0.15, 0.2) is 0 Å². The first-order chi connectivity index (χ1) is 0. The molecule has 0 fully saturated rings. The van der Waals surface area contributed by atoms with Gasteiger partial charge in [0.25, 0.3) is 0 Å². The second-order valence-electron chi connectivity index (χ2n) is 0. The van der Waals surface area contributed by atoms with Crippen molar-refractivity contribution in [2.24, 2.45) is 0 Å². The molecule has 0 saturated heterocycles. The van der Waals surface area contributed by atoms with Gasteiger partial charge in [-0.05, 0) is 0 Å². The maximum absolute atomic E-state index is 0. The van der Waals surface area contributed by atoms with Crippen LogP contribution in [0.4, 0.5) is 0 Å². The van der Waals surface area contributed by atoms with Gasteiger partial charge >= 0.3 is 0 Å². The van der Waals surface area contributed by atoms with Crippen molar-refractivity contribution >= 4 is 12.4 Å². The minimum atomic E-state index is 0. The topological polar surface area (TPSA) is 189 Å². The summed E-state index contributed by atoms with van der Waals surface area (Å²) >= 11 is 0. The zero-order valence-corrected chi connectivity index (χ0v) is 8.51. The van der Waals surface area contributed by atoms with Crippen LogP contribution in [0.25, 0.3) is 0 Å². The van der Waals surface area contributed by atoms with Crippen molar-refractivity contribution in [3.05, 3.63) is 0 Å². The SMILES string of the molecule is Cl.O.O.O.O.O.O.[Pr].